The summed E-state index contributed by atoms with van der Waals surface area (Å²) < 4.78 is 15.2. The summed E-state index contributed by atoms with van der Waals surface area (Å²) in [6.45, 7) is 8.27. The van der Waals surface area contributed by atoms with Gasteiger partial charge >= 0.3 is 0 Å². The van der Waals surface area contributed by atoms with Crippen LogP contribution >= 0.6 is 0 Å². The summed E-state index contributed by atoms with van der Waals surface area (Å²) in [6, 6.07) is 6.64. The second kappa shape index (κ2) is 5.76. The second-order valence-corrected chi connectivity index (χ2v) is 6.82. The number of hydrogen-bond acceptors (Lipinski definition) is 4. The van der Waals surface area contributed by atoms with Gasteiger partial charge in [0.25, 0.3) is 0 Å². The molecular weight excluding hydrogens is 281 g/mol. The maximum absolute atomic E-state index is 13.3. The van der Waals surface area contributed by atoms with Crippen molar-refractivity contribution in [2.45, 2.75) is 45.2 Å². The summed E-state index contributed by atoms with van der Waals surface area (Å²) in [6.07, 6.45) is 2.35. The molecule has 6 heteroatoms. The molecule has 0 bridgehead atoms. The van der Waals surface area contributed by atoms with Crippen molar-refractivity contribution >= 4 is 0 Å². The largest absolute Gasteiger partial charge is 0.290 e. The lowest BCUT2D eigenvalue weighted by atomic mass is 10.0. The van der Waals surface area contributed by atoms with Crippen molar-refractivity contribution < 1.29 is 4.39 Å². The van der Waals surface area contributed by atoms with Gasteiger partial charge in [-0.25, -0.2) is 9.07 Å². The number of likely N-dealkylation sites (tertiary alicyclic amines) is 1. The maximum Gasteiger partial charge on any atom is 0.173 e. The molecular formula is C16H22FN5. The molecule has 22 heavy (non-hydrogen) atoms. The van der Waals surface area contributed by atoms with E-state index in [9.17, 15) is 4.39 Å². The fourth-order valence-electron chi connectivity index (χ4n) is 3.01. The highest BCUT2D eigenvalue weighted by Crippen LogP contribution is 2.32. The molecule has 2 aromatic rings. The summed E-state index contributed by atoms with van der Waals surface area (Å²) in [5.41, 5.74) is 0.834. The number of benzene rings is 1. The minimum absolute atomic E-state index is 0.0303. The third-order valence-corrected chi connectivity index (χ3v) is 4.07. The third kappa shape index (κ3) is 2.88. The lowest BCUT2D eigenvalue weighted by molar-refractivity contribution is 0.242. The van der Waals surface area contributed by atoms with Crippen LogP contribution in [0.4, 0.5) is 4.39 Å². The Morgan fingerprint density at radius 1 is 1.09 bits per heavy atom. The lowest BCUT2D eigenvalue weighted by Gasteiger charge is -2.30. The molecule has 1 aromatic carbocycles. The molecule has 118 valence electrons. The molecule has 0 aliphatic carbocycles. The van der Waals surface area contributed by atoms with Crippen LogP contribution in [0.25, 0.3) is 0 Å². The van der Waals surface area contributed by atoms with Crippen LogP contribution < -0.4 is 0 Å². The smallest absolute Gasteiger partial charge is 0.173 e. The Morgan fingerprint density at radius 3 is 2.32 bits per heavy atom. The predicted octanol–water partition coefficient (Wildman–Crippen LogP) is 2.75. The molecule has 1 atom stereocenters. The monoisotopic (exact) mass is 303 g/mol. The molecule has 0 saturated carbocycles. The number of aromatic nitrogens is 4. The van der Waals surface area contributed by atoms with E-state index in [1.165, 1.54) is 25.0 Å². The molecule has 1 aliphatic heterocycles. The Kier molecular flexibility index (Phi) is 3.95. The van der Waals surface area contributed by atoms with E-state index in [-0.39, 0.29) is 17.4 Å². The van der Waals surface area contributed by atoms with Gasteiger partial charge in [-0.1, -0.05) is 12.1 Å². The molecule has 0 unspecified atom stereocenters. The zero-order chi connectivity index (χ0) is 15.7. The van der Waals surface area contributed by atoms with Gasteiger partial charge in [-0.3, -0.25) is 4.90 Å². The zero-order valence-electron chi connectivity index (χ0n) is 13.3. The van der Waals surface area contributed by atoms with E-state index >= 15 is 0 Å². The molecule has 0 radical (unpaired) electrons. The van der Waals surface area contributed by atoms with Gasteiger partial charge in [0.15, 0.2) is 5.82 Å². The first kappa shape index (κ1) is 15.1. The second-order valence-electron chi connectivity index (χ2n) is 6.82. The van der Waals surface area contributed by atoms with Gasteiger partial charge in [-0.2, -0.15) is 0 Å². The highest BCUT2D eigenvalue weighted by Gasteiger charge is 2.32. The van der Waals surface area contributed by atoms with Crippen LogP contribution in [0.15, 0.2) is 24.3 Å². The van der Waals surface area contributed by atoms with E-state index in [4.69, 9.17) is 0 Å². The number of hydrogen-bond donors (Lipinski definition) is 0. The standard InChI is InChI=1S/C16H22FN5/c1-16(2,3)22-15(18-19-20-22)14(21-10-4-5-11-21)12-6-8-13(17)9-7-12/h6-9,14H,4-5,10-11H2,1-3H3/t14-/m0/s1. The van der Waals surface area contributed by atoms with Crippen LogP contribution in [0, 0.1) is 5.82 Å². The van der Waals surface area contributed by atoms with Crippen molar-refractivity contribution in [1.29, 1.82) is 0 Å². The van der Waals surface area contributed by atoms with Gasteiger partial charge in [0.2, 0.25) is 0 Å². The molecule has 1 aliphatic rings. The zero-order valence-corrected chi connectivity index (χ0v) is 13.3. The van der Waals surface area contributed by atoms with Crippen molar-refractivity contribution in [2.75, 3.05) is 13.1 Å². The Bertz CT molecular complexity index is 623. The SMILES string of the molecule is CC(C)(C)n1nnnc1[C@H](c1ccc(F)cc1)N1CCCC1. The van der Waals surface area contributed by atoms with Crippen LogP contribution in [0.5, 0.6) is 0 Å². The van der Waals surface area contributed by atoms with Gasteiger partial charge in [0.05, 0.1) is 11.6 Å². The number of halogens is 1. The maximum atomic E-state index is 13.3. The van der Waals surface area contributed by atoms with Crippen LogP contribution in [0.3, 0.4) is 0 Å². The summed E-state index contributed by atoms with van der Waals surface area (Å²) in [5.74, 6) is 0.598. The summed E-state index contributed by atoms with van der Waals surface area (Å²) in [7, 11) is 0. The predicted molar refractivity (Wildman–Crippen MR) is 81.9 cm³/mol. The normalized spacial score (nSPS) is 17.8. The molecule has 1 saturated heterocycles. The summed E-state index contributed by atoms with van der Waals surface area (Å²) >= 11 is 0. The van der Waals surface area contributed by atoms with Crippen molar-refractivity contribution in [3.8, 4) is 0 Å². The van der Waals surface area contributed by atoms with Gasteiger partial charge in [-0.05, 0) is 74.8 Å². The Balaban J connectivity index is 2.06. The first-order valence-corrected chi connectivity index (χ1v) is 7.75. The number of nitrogens with zero attached hydrogens (tertiary/aromatic N) is 5. The first-order valence-electron chi connectivity index (χ1n) is 7.75. The van der Waals surface area contributed by atoms with E-state index in [0.29, 0.717) is 0 Å². The fourth-order valence-corrected chi connectivity index (χ4v) is 3.01. The minimum atomic E-state index is -0.223. The number of rotatable bonds is 3. The molecule has 2 heterocycles. The fraction of sp³-hybridized carbons (Fsp3) is 0.562. The van der Waals surface area contributed by atoms with Gasteiger partial charge in [0, 0.05) is 0 Å². The first-order chi connectivity index (χ1) is 10.5. The minimum Gasteiger partial charge on any atom is -0.290 e. The number of tetrazole rings is 1. The average molecular weight is 303 g/mol. The lowest BCUT2D eigenvalue weighted by Crippen LogP contribution is -2.33. The van der Waals surface area contributed by atoms with Crippen molar-refractivity contribution in [1.82, 2.24) is 25.1 Å². The quantitative estimate of drug-likeness (QED) is 0.875. The van der Waals surface area contributed by atoms with Crippen molar-refractivity contribution in [2.24, 2.45) is 0 Å². The summed E-state index contributed by atoms with van der Waals surface area (Å²) in [4.78, 5) is 2.38. The van der Waals surface area contributed by atoms with Crippen molar-refractivity contribution in [3.63, 3.8) is 0 Å². The van der Waals surface area contributed by atoms with Crippen LogP contribution in [-0.2, 0) is 5.54 Å². The van der Waals surface area contributed by atoms with Crippen LogP contribution in [-0.4, -0.2) is 38.2 Å². The van der Waals surface area contributed by atoms with E-state index in [1.807, 2.05) is 16.8 Å². The summed E-state index contributed by atoms with van der Waals surface area (Å²) in [5, 5.41) is 12.4. The van der Waals surface area contributed by atoms with E-state index in [0.717, 1.165) is 24.5 Å². The highest BCUT2D eigenvalue weighted by atomic mass is 19.1. The van der Waals surface area contributed by atoms with Crippen molar-refractivity contribution in [3.05, 3.63) is 41.5 Å². The molecule has 1 aromatic heterocycles. The third-order valence-electron chi connectivity index (χ3n) is 4.07. The molecule has 5 nitrogen and oxygen atoms in total. The van der Waals surface area contributed by atoms with Gasteiger partial charge < -0.3 is 0 Å². The molecule has 0 spiro atoms. The average Bonchev–Trinajstić information content (AvgIpc) is 3.12. The molecule has 0 N–H and O–H groups in total. The molecule has 1 fully saturated rings. The van der Waals surface area contributed by atoms with E-state index < -0.39 is 0 Å². The molecule has 0 amide bonds. The van der Waals surface area contributed by atoms with Gasteiger partial charge in [0.1, 0.15) is 5.82 Å². The van der Waals surface area contributed by atoms with Gasteiger partial charge in [-0.15, -0.1) is 5.10 Å². The Morgan fingerprint density at radius 2 is 1.73 bits per heavy atom. The Labute approximate surface area is 130 Å². The topological polar surface area (TPSA) is 46.8 Å². The van der Waals surface area contributed by atoms with Crippen LogP contribution in [0.1, 0.15) is 51.0 Å². The molecule has 3 rings (SSSR count). The highest BCUT2D eigenvalue weighted by molar-refractivity contribution is 5.26. The van der Waals surface area contributed by atoms with Crippen LogP contribution in [0.2, 0.25) is 0 Å². The van der Waals surface area contributed by atoms with E-state index in [1.54, 1.807) is 0 Å². The van der Waals surface area contributed by atoms with E-state index in [2.05, 4.69) is 41.2 Å². The Hall–Kier alpha value is -1.82.